The fraction of sp³-hybridized carbons (Fsp3) is 0.316. The van der Waals surface area contributed by atoms with Crippen molar-refractivity contribution in [3.05, 3.63) is 51.8 Å². The molecule has 140 valence electrons. The number of thiophene rings is 1. The predicted molar refractivity (Wildman–Crippen MR) is 105 cm³/mol. The van der Waals surface area contributed by atoms with Gasteiger partial charge in [0.05, 0.1) is 4.88 Å². The molecule has 7 nitrogen and oxygen atoms in total. The monoisotopic (exact) mass is 384 g/mol. The minimum atomic E-state index is -0.644. The number of benzene rings is 1. The summed E-state index contributed by atoms with van der Waals surface area (Å²) in [5, 5.41) is 8.55. The Morgan fingerprint density at radius 3 is 2.81 bits per heavy atom. The molecule has 3 aromatic rings. The molecule has 8 heteroatoms. The van der Waals surface area contributed by atoms with Gasteiger partial charge in [0, 0.05) is 24.5 Å². The van der Waals surface area contributed by atoms with Gasteiger partial charge < -0.3 is 10.2 Å². The summed E-state index contributed by atoms with van der Waals surface area (Å²) in [7, 11) is 0. The number of carbonyl (C=O) groups is 1. The third-order valence-electron chi connectivity index (χ3n) is 4.68. The second-order valence-corrected chi connectivity index (χ2v) is 7.52. The van der Waals surface area contributed by atoms with Crippen molar-refractivity contribution in [2.24, 2.45) is 0 Å². The van der Waals surface area contributed by atoms with Gasteiger partial charge in [-0.05, 0) is 55.0 Å². The standard InChI is InChI=1S/C19H20N4O3S/c1-13-11-14(22-8-2-3-9-22)6-7-15(13)20-17(24)12-23-18(21-26-19(23)25)16-5-4-10-27-16/h4-7,10-11H,2-3,8-9,12H2,1H3,(H,20,24). The molecule has 1 saturated heterocycles. The van der Waals surface area contributed by atoms with Crippen molar-refractivity contribution in [1.29, 1.82) is 0 Å². The molecule has 0 radical (unpaired) electrons. The summed E-state index contributed by atoms with van der Waals surface area (Å²) in [5.74, 6) is -0.573. The van der Waals surface area contributed by atoms with Crippen molar-refractivity contribution >= 4 is 28.6 Å². The van der Waals surface area contributed by atoms with E-state index in [0.29, 0.717) is 5.82 Å². The van der Waals surface area contributed by atoms with Crippen molar-refractivity contribution < 1.29 is 9.32 Å². The highest BCUT2D eigenvalue weighted by molar-refractivity contribution is 7.13. The Kier molecular flexibility index (Phi) is 4.81. The van der Waals surface area contributed by atoms with Crippen LogP contribution in [0.15, 0.2) is 45.0 Å². The Hall–Kier alpha value is -2.87. The first-order valence-corrected chi connectivity index (χ1v) is 9.75. The molecule has 2 aromatic heterocycles. The van der Waals surface area contributed by atoms with Gasteiger partial charge in [-0.2, -0.15) is 0 Å². The highest BCUT2D eigenvalue weighted by Gasteiger charge is 2.18. The first-order valence-electron chi connectivity index (χ1n) is 8.87. The van der Waals surface area contributed by atoms with E-state index in [-0.39, 0.29) is 12.5 Å². The molecule has 0 bridgehead atoms. The highest BCUT2D eigenvalue weighted by atomic mass is 32.1. The topological polar surface area (TPSA) is 80.4 Å². The van der Waals surface area contributed by atoms with E-state index in [9.17, 15) is 9.59 Å². The zero-order valence-electron chi connectivity index (χ0n) is 15.0. The van der Waals surface area contributed by atoms with Crippen LogP contribution >= 0.6 is 11.3 Å². The Bertz CT molecular complexity index is 1000. The molecule has 1 N–H and O–H groups in total. The van der Waals surface area contributed by atoms with Gasteiger partial charge >= 0.3 is 5.76 Å². The molecule has 27 heavy (non-hydrogen) atoms. The summed E-state index contributed by atoms with van der Waals surface area (Å²) >= 11 is 1.43. The van der Waals surface area contributed by atoms with Crippen LogP contribution in [-0.4, -0.2) is 28.7 Å². The normalized spacial score (nSPS) is 13.9. The van der Waals surface area contributed by atoms with Gasteiger partial charge in [0.2, 0.25) is 5.91 Å². The summed E-state index contributed by atoms with van der Waals surface area (Å²) < 4.78 is 5.99. The molecule has 1 aromatic carbocycles. The van der Waals surface area contributed by atoms with Crippen LogP contribution in [0.25, 0.3) is 10.7 Å². The maximum Gasteiger partial charge on any atom is 0.442 e. The summed E-state index contributed by atoms with van der Waals surface area (Å²) in [5.41, 5.74) is 2.91. The number of carbonyl (C=O) groups excluding carboxylic acids is 1. The second-order valence-electron chi connectivity index (χ2n) is 6.58. The first-order chi connectivity index (χ1) is 13.1. The van der Waals surface area contributed by atoms with E-state index < -0.39 is 5.76 Å². The zero-order chi connectivity index (χ0) is 18.8. The fourth-order valence-electron chi connectivity index (χ4n) is 3.28. The van der Waals surface area contributed by atoms with Crippen molar-refractivity contribution in [1.82, 2.24) is 9.72 Å². The molecule has 4 rings (SSSR count). The van der Waals surface area contributed by atoms with Crippen LogP contribution in [0.5, 0.6) is 0 Å². The molecule has 0 unspecified atom stereocenters. The number of amides is 1. The number of rotatable bonds is 5. The Balaban J connectivity index is 1.49. The summed E-state index contributed by atoms with van der Waals surface area (Å²) in [6.07, 6.45) is 2.44. The molecule has 1 aliphatic heterocycles. The van der Waals surface area contributed by atoms with Gasteiger partial charge in [0.15, 0.2) is 5.82 Å². The number of hydrogen-bond donors (Lipinski definition) is 1. The third kappa shape index (κ3) is 3.66. The van der Waals surface area contributed by atoms with Gasteiger partial charge in [-0.3, -0.25) is 9.32 Å². The fourth-order valence-corrected chi connectivity index (χ4v) is 4.00. The Labute approximate surface area is 160 Å². The average molecular weight is 384 g/mol. The molecule has 1 fully saturated rings. The van der Waals surface area contributed by atoms with Crippen molar-refractivity contribution in [3.63, 3.8) is 0 Å². The molecule has 1 amide bonds. The molecular weight excluding hydrogens is 364 g/mol. The minimum absolute atomic E-state index is 0.150. The Morgan fingerprint density at radius 1 is 1.30 bits per heavy atom. The van der Waals surface area contributed by atoms with E-state index in [1.54, 1.807) is 0 Å². The molecular formula is C19H20N4O3S. The van der Waals surface area contributed by atoms with Crippen LogP contribution in [0, 0.1) is 6.92 Å². The number of aromatic nitrogens is 2. The lowest BCUT2D eigenvalue weighted by molar-refractivity contribution is -0.116. The lowest BCUT2D eigenvalue weighted by Crippen LogP contribution is -2.25. The van der Waals surface area contributed by atoms with E-state index >= 15 is 0 Å². The minimum Gasteiger partial charge on any atom is -0.372 e. The quantitative estimate of drug-likeness (QED) is 0.731. The highest BCUT2D eigenvalue weighted by Crippen LogP contribution is 2.26. The number of nitrogens with zero attached hydrogens (tertiary/aromatic N) is 3. The summed E-state index contributed by atoms with van der Waals surface area (Å²) in [4.78, 5) is 27.6. The molecule has 0 aliphatic carbocycles. The van der Waals surface area contributed by atoms with Crippen LogP contribution in [0.2, 0.25) is 0 Å². The van der Waals surface area contributed by atoms with E-state index in [0.717, 1.165) is 29.2 Å². The number of aryl methyl sites for hydroxylation is 1. The zero-order valence-corrected chi connectivity index (χ0v) is 15.8. The SMILES string of the molecule is Cc1cc(N2CCCC2)ccc1NC(=O)Cn1c(-c2cccs2)noc1=O. The molecule has 0 atom stereocenters. The average Bonchev–Trinajstić information content (AvgIpc) is 3.40. The summed E-state index contributed by atoms with van der Waals surface area (Å²) in [6.45, 7) is 3.97. The van der Waals surface area contributed by atoms with Crippen molar-refractivity contribution in [2.75, 3.05) is 23.3 Å². The van der Waals surface area contributed by atoms with E-state index in [1.807, 2.05) is 36.6 Å². The lowest BCUT2D eigenvalue weighted by atomic mass is 10.1. The van der Waals surface area contributed by atoms with E-state index in [1.165, 1.54) is 34.4 Å². The van der Waals surface area contributed by atoms with Gasteiger partial charge in [-0.15, -0.1) is 11.3 Å². The summed E-state index contributed by atoms with van der Waals surface area (Å²) in [6, 6.07) is 9.71. The van der Waals surface area contributed by atoms with E-state index in [4.69, 9.17) is 4.52 Å². The van der Waals surface area contributed by atoms with Crippen molar-refractivity contribution in [3.8, 4) is 10.7 Å². The maximum absolute atomic E-state index is 12.5. The largest absolute Gasteiger partial charge is 0.442 e. The molecule has 0 spiro atoms. The molecule has 1 aliphatic rings. The third-order valence-corrected chi connectivity index (χ3v) is 5.55. The number of nitrogens with one attached hydrogen (secondary N) is 1. The lowest BCUT2D eigenvalue weighted by Gasteiger charge is -2.19. The van der Waals surface area contributed by atoms with E-state index in [2.05, 4.69) is 21.4 Å². The van der Waals surface area contributed by atoms with Crippen LogP contribution in [0.3, 0.4) is 0 Å². The number of hydrogen-bond acceptors (Lipinski definition) is 6. The van der Waals surface area contributed by atoms with Gasteiger partial charge in [0.25, 0.3) is 0 Å². The van der Waals surface area contributed by atoms with Gasteiger partial charge in [0.1, 0.15) is 6.54 Å². The second kappa shape index (κ2) is 7.40. The van der Waals surface area contributed by atoms with Crippen LogP contribution in [0.4, 0.5) is 11.4 Å². The predicted octanol–water partition coefficient (Wildman–Crippen LogP) is 3.11. The van der Waals surface area contributed by atoms with Crippen LogP contribution < -0.4 is 16.0 Å². The van der Waals surface area contributed by atoms with Crippen LogP contribution in [0.1, 0.15) is 18.4 Å². The smallest absolute Gasteiger partial charge is 0.372 e. The Morgan fingerprint density at radius 2 is 2.11 bits per heavy atom. The van der Waals surface area contributed by atoms with Crippen molar-refractivity contribution in [2.45, 2.75) is 26.3 Å². The van der Waals surface area contributed by atoms with Crippen LogP contribution in [-0.2, 0) is 11.3 Å². The number of anilines is 2. The molecule has 0 saturated carbocycles. The first kappa shape index (κ1) is 17.5. The van der Waals surface area contributed by atoms with Gasteiger partial charge in [-0.25, -0.2) is 9.36 Å². The van der Waals surface area contributed by atoms with Gasteiger partial charge in [-0.1, -0.05) is 11.2 Å². The molecule has 3 heterocycles. The maximum atomic E-state index is 12.5.